The summed E-state index contributed by atoms with van der Waals surface area (Å²) in [6.07, 6.45) is 2.12. The first-order chi connectivity index (χ1) is 7.67. The van der Waals surface area contributed by atoms with Crippen molar-refractivity contribution < 1.29 is 4.79 Å². The van der Waals surface area contributed by atoms with Gasteiger partial charge < -0.3 is 11.1 Å². The first kappa shape index (κ1) is 12.7. The Kier molecular flexibility index (Phi) is 4.99. The first-order valence-electron chi connectivity index (χ1n) is 5.80. The molecule has 0 aromatic heterocycles. The second kappa shape index (κ2) is 6.28. The maximum absolute atomic E-state index is 11.7. The van der Waals surface area contributed by atoms with E-state index in [1.54, 1.807) is 0 Å². The molecule has 1 rings (SSSR count). The third kappa shape index (κ3) is 3.66. The van der Waals surface area contributed by atoms with E-state index in [2.05, 4.69) is 12.2 Å². The van der Waals surface area contributed by atoms with Gasteiger partial charge in [-0.05, 0) is 24.5 Å². The summed E-state index contributed by atoms with van der Waals surface area (Å²) < 4.78 is 0. The zero-order valence-electron chi connectivity index (χ0n) is 9.99. The second-order valence-corrected chi connectivity index (χ2v) is 3.93. The van der Waals surface area contributed by atoms with Crippen molar-refractivity contribution in [3.05, 3.63) is 29.8 Å². The van der Waals surface area contributed by atoms with Gasteiger partial charge in [0.05, 0.1) is 0 Å². The number of anilines is 1. The zero-order chi connectivity index (χ0) is 12.0. The average Bonchev–Trinajstić information content (AvgIpc) is 2.29. The molecule has 3 N–H and O–H groups in total. The highest BCUT2D eigenvalue weighted by molar-refractivity contribution is 5.91. The fraction of sp³-hybridized carbons (Fsp3) is 0.462. The molecule has 88 valence electrons. The predicted octanol–water partition coefficient (Wildman–Crippen LogP) is 2.31. The quantitative estimate of drug-likeness (QED) is 0.800. The van der Waals surface area contributed by atoms with Gasteiger partial charge in [0.15, 0.2) is 0 Å². The third-order valence-corrected chi connectivity index (χ3v) is 2.64. The third-order valence-electron chi connectivity index (χ3n) is 2.64. The van der Waals surface area contributed by atoms with Gasteiger partial charge in [-0.15, -0.1) is 0 Å². The van der Waals surface area contributed by atoms with Gasteiger partial charge in [-0.1, -0.05) is 32.0 Å². The van der Waals surface area contributed by atoms with E-state index in [1.165, 1.54) is 0 Å². The Morgan fingerprint density at radius 3 is 2.69 bits per heavy atom. The highest BCUT2D eigenvalue weighted by atomic mass is 16.1. The molecule has 1 atom stereocenters. The number of rotatable bonds is 5. The van der Waals surface area contributed by atoms with Crippen molar-refractivity contribution in [2.75, 3.05) is 5.32 Å². The van der Waals surface area contributed by atoms with Crippen molar-refractivity contribution in [2.45, 2.75) is 39.2 Å². The number of nitrogens with one attached hydrogen (secondary N) is 1. The van der Waals surface area contributed by atoms with E-state index in [0.29, 0.717) is 6.42 Å². The average molecular weight is 220 g/mol. The van der Waals surface area contributed by atoms with Crippen LogP contribution in [0.1, 0.15) is 32.3 Å². The summed E-state index contributed by atoms with van der Waals surface area (Å²) in [6, 6.07) is 7.80. The lowest BCUT2D eigenvalue weighted by Crippen LogP contribution is -2.26. The highest BCUT2D eigenvalue weighted by Gasteiger charge is 2.09. The van der Waals surface area contributed by atoms with E-state index < -0.39 is 0 Å². The maximum Gasteiger partial charge on any atom is 0.225 e. The van der Waals surface area contributed by atoms with E-state index >= 15 is 0 Å². The van der Waals surface area contributed by atoms with Gasteiger partial charge in [-0.2, -0.15) is 0 Å². The van der Waals surface area contributed by atoms with Crippen LogP contribution in [0.3, 0.4) is 0 Å². The van der Waals surface area contributed by atoms with Crippen LogP contribution in [0.5, 0.6) is 0 Å². The first-order valence-corrected chi connectivity index (χ1v) is 5.80. The number of para-hydroxylation sites is 1. The molecule has 1 aromatic carbocycles. The van der Waals surface area contributed by atoms with Gasteiger partial charge in [0, 0.05) is 18.2 Å². The largest absolute Gasteiger partial charge is 0.327 e. The minimum Gasteiger partial charge on any atom is -0.327 e. The molecule has 3 heteroatoms. The topological polar surface area (TPSA) is 55.1 Å². The van der Waals surface area contributed by atoms with Crippen LogP contribution in [0, 0.1) is 0 Å². The molecule has 3 nitrogen and oxygen atoms in total. The standard InChI is InChI=1S/C13H20N2O/c1-3-10-7-5-6-8-12(10)15-13(16)9-11(14)4-2/h5-8,11H,3-4,9,14H2,1-2H3,(H,15,16). The summed E-state index contributed by atoms with van der Waals surface area (Å²) in [5, 5.41) is 2.91. The Morgan fingerprint density at radius 2 is 2.06 bits per heavy atom. The van der Waals surface area contributed by atoms with E-state index in [-0.39, 0.29) is 11.9 Å². The number of hydrogen-bond donors (Lipinski definition) is 2. The lowest BCUT2D eigenvalue weighted by Gasteiger charge is -2.11. The monoisotopic (exact) mass is 220 g/mol. The summed E-state index contributed by atoms with van der Waals surface area (Å²) in [5.74, 6) is -0.00440. The number of aryl methyl sites for hydroxylation is 1. The fourth-order valence-corrected chi connectivity index (χ4v) is 1.53. The number of carbonyl (C=O) groups excluding carboxylic acids is 1. The Balaban J connectivity index is 2.62. The van der Waals surface area contributed by atoms with Gasteiger partial charge in [-0.3, -0.25) is 4.79 Å². The minimum atomic E-state index is -0.0474. The SMILES string of the molecule is CCc1ccccc1NC(=O)CC(N)CC. The molecule has 0 fully saturated rings. The summed E-state index contributed by atoms with van der Waals surface area (Å²) in [4.78, 5) is 11.7. The predicted molar refractivity (Wildman–Crippen MR) is 67.3 cm³/mol. The zero-order valence-corrected chi connectivity index (χ0v) is 9.99. The smallest absolute Gasteiger partial charge is 0.225 e. The van der Waals surface area contributed by atoms with Gasteiger partial charge in [0.1, 0.15) is 0 Å². The molecule has 0 saturated carbocycles. The number of amides is 1. The van der Waals surface area contributed by atoms with E-state index in [1.807, 2.05) is 31.2 Å². The Hall–Kier alpha value is -1.35. The van der Waals surface area contributed by atoms with Crippen molar-refractivity contribution in [3.63, 3.8) is 0 Å². The van der Waals surface area contributed by atoms with Crippen molar-refractivity contribution in [1.82, 2.24) is 0 Å². The molecule has 0 bridgehead atoms. The van der Waals surface area contributed by atoms with Crippen LogP contribution in [0.4, 0.5) is 5.69 Å². The Morgan fingerprint density at radius 1 is 1.38 bits per heavy atom. The van der Waals surface area contributed by atoms with Crippen molar-refractivity contribution in [3.8, 4) is 0 Å². The lowest BCUT2D eigenvalue weighted by molar-refractivity contribution is -0.116. The van der Waals surface area contributed by atoms with Gasteiger partial charge >= 0.3 is 0 Å². The number of benzene rings is 1. The second-order valence-electron chi connectivity index (χ2n) is 3.93. The molecule has 1 amide bonds. The van der Waals surface area contributed by atoms with Gasteiger partial charge in [0.2, 0.25) is 5.91 Å². The lowest BCUT2D eigenvalue weighted by atomic mass is 10.1. The van der Waals surface area contributed by atoms with Crippen LogP contribution in [-0.4, -0.2) is 11.9 Å². The fourth-order valence-electron chi connectivity index (χ4n) is 1.53. The van der Waals surface area contributed by atoms with Crippen molar-refractivity contribution in [2.24, 2.45) is 5.73 Å². The summed E-state index contributed by atoms with van der Waals surface area (Å²) in [5.41, 5.74) is 7.79. The molecular formula is C13H20N2O. The molecule has 0 heterocycles. The van der Waals surface area contributed by atoms with E-state index in [4.69, 9.17) is 5.73 Å². The number of carbonyl (C=O) groups is 1. The molecule has 0 radical (unpaired) electrons. The van der Waals surface area contributed by atoms with E-state index in [0.717, 1.165) is 24.1 Å². The van der Waals surface area contributed by atoms with Crippen LogP contribution in [-0.2, 0) is 11.2 Å². The van der Waals surface area contributed by atoms with Crippen LogP contribution in [0.25, 0.3) is 0 Å². The van der Waals surface area contributed by atoms with Crippen LogP contribution < -0.4 is 11.1 Å². The molecule has 0 aliphatic carbocycles. The molecule has 16 heavy (non-hydrogen) atoms. The van der Waals surface area contributed by atoms with Gasteiger partial charge in [-0.25, -0.2) is 0 Å². The molecule has 0 spiro atoms. The van der Waals surface area contributed by atoms with Crippen LogP contribution in [0.2, 0.25) is 0 Å². The Bertz CT molecular complexity index is 350. The van der Waals surface area contributed by atoms with E-state index in [9.17, 15) is 4.79 Å². The van der Waals surface area contributed by atoms with Gasteiger partial charge in [0.25, 0.3) is 0 Å². The molecule has 0 aliphatic heterocycles. The minimum absolute atomic E-state index is 0.00440. The maximum atomic E-state index is 11.7. The number of nitrogens with two attached hydrogens (primary N) is 1. The summed E-state index contributed by atoms with van der Waals surface area (Å²) >= 11 is 0. The molecular weight excluding hydrogens is 200 g/mol. The Labute approximate surface area is 97.0 Å². The van der Waals surface area contributed by atoms with Crippen LogP contribution in [0.15, 0.2) is 24.3 Å². The summed E-state index contributed by atoms with van der Waals surface area (Å²) in [6.45, 7) is 4.06. The summed E-state index contributed by atoms with van der Waals surface area (Å²) in [7, 11) is 0. The molecule has 1 unspecified atom stereocenters. The molecule has 1 aromatic rings. The normalized spacial score (nSPS) is 12.2. The highest BCUT2D eigenvalue weighted by Crippen LogP contribution is 2.15. The van der Waals surface area contributed by atoms with Crippen molar-refractivity contribution >= 4 is 11.6 Å². The molecule has 0 saturated heterocycles. The molecule has 0 aliphatic rings. The number of hydrogen-bond acceptors (Lipinski definition) is 2. The van der Waals surface area contributed by atoms with Crippen LogP contribution >= 0.6 is 0 Å². The van der Waals surface area contributed by atoms with Crippen molar-refractivity contribution in [1.29, 1.82) is 0 Å².